The molecule has 2 aliphatic rings. The number of nitrogens with one attached hydrogen (secondary N) is 1. The van der Waals surface area contributed by atoms with Crippen LogP contribution in [0.15, 0.2) is 40.8 Å². The summed E-state index contributed by atoms with van der Waals surface area (Å²) in [7, 11) is 0. The number of halogens is 3. The molecule has 1 saturated carbocycles. The van der Waals surface area contributed by atoms with E-state index in [1.54, 1.807) is 18.2 Å². The Bertz CT molecular complexity index is 1260. The fraction of sp³-hybridized carbons (Fsp3) is 0.375. The number of hydrogen-bond donors (Lipinski definition) is 2. The number of aromatic nitrogens is 2. The Kier molecular flexibility index (Phi) is 6.33. The zero-order chi connectivity index (χ0) is 24.7. The van der Waals surface area contributed by atoms with Crippen LogP contribution < -0.4 is 14.8 Å². The molecule has 0 unspecified atom stereocenters. The summed E-state index contributed by atoms with van der Waals surface area (Å²) in [6, 6.07) is 9.07. The first kappa shape index (κ1) is 23.8. The van der Waals surface area contributed by atoms with Gasteiger partial charge < -0.3 is 24.3 Å². The summed E-state index contributed by atoms with van der Waals surface area (Å²) in [6.45, 7) is 1.67. The number of carbonyl (C=O) groups excluding carboxylic acids is 1. The molecule has 0 spiro atoms. The topological polar surface area (TPSA) is 107 Å². The van der Waals surface area contributed by atoms with E-state index in [0.29, 0.717) is 41.0 Å². The minimum atomic E-state index is -0.758. The van der Waals surface area contributed by atoms with Crippen molar-refractivity contribution in [2.75, 3.05) is 6.61 Å². The maximum atomic E-state index is 13.5. The number of fused-ring (bicyclic) bond motifs is 1. The highest BCUT2D eigenvalue weighted by Gasteiger charge is 2.45. The molecule has 2 heterocycles. The van der Waals surface area contributed by atoms with Crippen molar-refractivity contribution in [3.63, 3.8) is 0 Å². The Morgan fingerprint density at radius 3 is 2.77 bits per heavy atom. The number of ether oxygens (including phenoxy) is 2. The van der Waals surface area contributed by atoms with E-state index < -0.39 is 23.6 Å². The normalized spacial score (nSPS) is 25.2. The smallest absolute Gasteiger partial charge is 0.258 e. The molecule has 0 saturated heterocycles. The van der Waals surface area contributed by atoms with Crippen LogP contribution in [0.3, 0.4) is 0 Å². The molecule has 0 radical (unpaired) electrons. The average Bonchev–Trinajstić information content (AvgIpc) is 3.28. The minimum Gasteiger partial charge on any atom is -0.484 e. The third-order valence-electron chi connectivity index (χ3n) is 6.21. The first-order chi connectivity index (χ1) is 16.7. The second-order valence-electron chi connectivity index (χ2n) is 9.10. The average molecular weight is 522 g/mol. The molecule has 0 bridgehead atoms. The fourth-order valence-electron chi connectivity index (χ4n) is 4.50. The van der Waals surface area contributed by atoms with E-state index >= 15 is 0 Å². The lowest BCUT2D eigenvalue weighted by atomic mass is 9.69. The molecule has 2 atom stereocenters. The molecule has 35 heavy (non-hydrogen) atoms. The number of rotatable bonds is 6. The molecular weight excluding hydrogens is 500 g/mol. The predicted octanol–water partition coefficient (Wildman–Crippen LogP) is 4.90. The molecule has 3 aromatic rings. The Morgan fingerprint density at radius 2 is 2.00 bits per heavy atom. The maximum Gasteiger partial charge on any atom is 0.258 e. The highest BCUT2D eigenvalue weighted by atomic mass is 35.5. The zero-order valence-corrected chi connectivity index (χ0v) is 20.1. The second kappa shape index (κ2) is 9.29. The molecular formula is C24H22Cl2FN3O5. The third kappa shape index (κ3) is 5.07. The van der Waals surface area contributed by atoms with E-state index in [1.807, 2.05) is 6.92 Å². The van der Waals surface area contributed by atoms with Gasteiger partial charge in [0, 0.05) is 34.5 Å². The predicted molar refractivity (Wildman–Crippen MR) is 124 cm³/mol. The minimum absolute atomic E-state index is 0.0139. The van der Waals surface area contributed by atoms with Gasteiger partial charge in [0.05, 0.1) is 11.1 Å². The van der Waals surface area contributed by atoms with E-state index in [2.05, 4.69) is 15.5 Å². The summed E-state index contributed by atoms with van der Waals surface area (Å²) in [5.41, 5.74) is 0.171. The van der Waals surface area contributed by atoms with Crippen LogP contribution in [0.1, 0.15) is 61.7 Å². The van der Waals surface area contributed by atoms with Crippen molar-refractivity contribution < 1.29 is 28.2 Å². The van der Waals surface area contributed by atoms with Gasteiger partial charge in [-0.05, 0) is 50.1 Å². The van der Waals surface area contributed by atoms with Crippen molar-refractivity contribution >= 4 is 29.1 Å². The van der Waals surface area contributed by atoms with Crippen LogP contribution in [-0.4, -0.2) is 33.4 Å². The number of hydrogen-bond acceptors (Lipinski definition) is 7. The van der Waals surface area contributed by atoms with Gasteiger partial charge in [-0.25, -0.2) is 4.39 Å². The lowest BCUT2D eigenvalue weighted by Crippen LogP contribution is -2.55. The van der Waals surface area contributed by atoms with Gasteiger partial charge in [-0.15, -0.1) is 10.2 Å². The zero-order valence-electron chi connectivity index (χ0n) is 18.6. The number of aliphatic hydroxyl groups excluding tert-OH is 1. The van der Waals surface area contributed by atoms with Gasteiger partial charge in [-0.1, -0.05) is 23.2 Å². The SMILES string of the molecule is CC1(NC(=O)COc2ccc(Cl)c(F)c2)CC(c2nnc([C@@H]3C[C@H](O)c4cc(Cl)ccc4O3)o2)C1. The summed E-state index contributed by atoms with van der Waals surface area (Å²) < 4.78 is 30.7. The fourth-order valence-corrected chi connectivity index (χ4v) is 4.80. The first-order valence-corrected chi connectivity index (χ1v) is 11.8. The van der Waals surface area contributed by atoms with Gasteiger partial charge in [-0.3, -0.25) is 4.79 Å². The summed E-state index contributed by atoms with van der Waals surface area (Å²) in [4.78, 5) is 12.3. The first-order valence-electron chi connectivity index (χ1n) is 11.1. The lowest BCUT2D eigenvalue weighted by Gasteiger charge is -2.44. The highest BCUT2D eigenvalue weighted by molar-refractivity contribution is 6.31. The van der Waals surface area contributed by atoms with Crippen LogP contribution in [0.2, 0.25) is 10.0 Å². The van der Waals surface area contributed by atoms with E-state index in [4.69, 9.17) is 37.1 Å². The number of nitrogens with zero attached hydrogens (tertiary/aromatic N) is 2. The molecule has 2 aromatic carbocycles. The van der Waals surface area contributed by atoms with Crippen molar-refractivity contribution in [2.24, 2.45) is 0 Å². The Labute approximate surface area is 210 Å². The van der Waals surface area contributed by atoms with Gasteiger partial charge in [0.25, 0.3) is 11.8 Å². The van der Waals surface area contributed by atoms with E-state index in [9.17, 15) is 14.3 Å². The number of benzene rings is 2. The van der Waals surface area contributed by atoms with Gasteiger partial charge in [0.2, 0.25) is 5.89 Å². The van der Waals surface area contributed by atoms with Crippen molar-refractivity contribution in [2.45, 2.75) is 49.9 Å². The van der Waals surface area contributed by atoms with Crippen LogP contribution >= 0.6 is 23.2 Å². The number of aliphatic hydroxyl groups is 1. The molecule has 2 N–H and O–H groups in total. The number of amides is 1. The summed E-state index contributed by atoms with van der Waals surface area (Å²) in [6.07, 6.45) is 0.148. The summed E-state index contributed by atoms with van der Waals surface area (Å²) >= 11 is 11.7. The van der Waals surface area contributed by atoms with Crippen LogP contribution in [0.4, 0.5) is 4.39 Å². The Balaban J connectivity index is 1.14. The third-order valence-corrected chi connectivity index (χ3v) is 6.76. The van der Waals surface area contributed by atoms with Gasteiger partial charge in [0.1, 0.15) is 17.3 Å². The lowest BCUT2D eigenvalue weighted by molar-refractivity contribution is -0.126. The molecule has 1 aliphatic heterocycles. The van der Waals surface area contributed by atoms with E-state index in [0.717, 1.165) is 6.07 Å². The van der Waals surface area contributed by atoms with Crippen molar-refractivity contribution in [3.05, 3.63) is 69.6 Å². The van der Waals surface area contributed by atoms with Gasteiger partial charge in [0.15, 0.2) is 12.7 Å². The molecule has 11 heteroatoms. The monoisotopic (exact) mass is 521 g/mol. The molecule has 1 aliphatic carbocycles. The summed E-state index contributed by atoms with van der Waals surface area (Å²) in [5, 5.41) is 22.2. The van der Waals surface area contributed by atoms with Crippen molar-refractivity contribution in [3.8, 4) is 11.5 Å². The van der Waals surface area contributed by atoms with Gasteiger partial charge in [-0.2, -0.15) is 0 Å². The standard InChI is InChI=1S/C24H22Cl2FN3O5/c1-24(28-21(32)11-33-14-3-4-16(26)17(27)7-14)9-12(10-24)22-29-30-23(35-22)20-8-18(31)15-6-13(25)2-5-19(15)34-20/h2-7,12,18,20,31H,8-11H2,1H3,(H,28,32)/t12?,18-,20-,24?/m0/s1. The van der Waals surface area contributed by atoms with Crippen molar-refractivity contribution in [1.82, 2.24) is 15.5 Å². The van der Waals surface area contributed by atoms with Crippen molar-refractivity contribution in [1.29, 1.82) is 0 Å². The quantitative estimate of drug-likeness (QED) is 0.474. The maximum absolute atomic E-state index is 13.5. The molecule has 1 amide bonds. The van der Waals surface area contributed by atoms with Crippen LogP contribution in [-0.2, 0) is 4.79 Å². The largest absolute Gasteiger partial charge is 0.484 e. The molecule has 5 rings (SSSR count). The second-order valence-corrected chi connectivity index (χ2v) is 9.94. The summed E-state index contributed by atoms with van der Waals surface area (Å²) in [5.74, 6) is 0.543. The van der Waals surface area contributed by atoms with E-state index in [-0.39, 0.29) is 35.6 Å². The number of carbonyl (C=O) groups is 1. The Hall–Kier alpha value is -2.88. The molecule has 8 nitrogen and oxygen atoms in total. The Morgan fingerprint density at radius 1 is 1.23 bits per heavy atom. The molecule has 1 fully saturated rings. The highest BCUT2D eigenvalue weighted by Crippen LogP contribution is 2.46. The van der Waals surface area contributed by atoms with Crippen LogP contribution in [0.25, 0.3) is 0 Å². The molecule has 1 aromatic heterocycles. The molecule has 184 valence electrons. The van der Waals surface area contributed by atoms with E-state index in [1.165, 1.54) is 12.1 Å². The van der Waals surface area contributed by atoms with Gasteiger partial charge >= 0.3 is 0 Å². The van der Waals surface area contributed by atoms with Crippen LogP contribution in [0.5, 0.6) is 11.5 Å². The van der Waals surface area contributed by atoms with Crippen LogP contribution in [0, 0.1) is 5.82 Å².